The highest BCUT2D eigenvalue weighted by molar-refractivity contribution is 5.58. The van der Waals surface area contributed by atoms with Crippen LogP contribution in [0.5, 0.6) is 0 Å². The molecular formula is C14H22N2O3. The summed E-state index contributed by atoms with van der Waals surface area (Å²) in [6.07, 6.45) is 1.05. The number of benzene rings is 1. The van der Waals surface area contributed by atoms with Crippen molar-refractivity contribution in [2.45, 2.75) is 18.5 Å². The van der Waals surface area contributed by atoms with Gasteiger partial charge in [0, 0.05) is 25.8 Å². The number of hydrogen-bond donors (Lipinski definition) is 4. The van der Waals surface area contributed by atoms with Gasteiger partial charge in [-0.05, 0) is 23.6 Å². The number of rotatable bonds is 6. The summed E-state index contributed by atoms with van der Waals surface area (Å²) in [6.45, 7) is 0.660. The first kappa shape index (κ1) is 14.3. The number of hydrogen-bond acceptors (Lipinski definition) is 5. The van der Waals surface area contributed by atoms with Gasteiger partial charge in [-0.3, -0.25) is 0 Å². The second kappa shape index (κ2) is 5.88. The summed E-state index contributed by atoms with van der Waals surface area (Å²) in [7, 11) is 2.08. The third kappa shape index (κ3) is 2.90. The molecule has 5 nitrogen and oxygen atoms in total. The van der Waals surface area contributed by atoms with E-state index in [2.05, 4.69) is 29.4 Å². The molecule has 0 spiro atoms. The Balaban J connectivity index is 2.04. The number of aliphatic hydroxyl groups is 3. The van der Waals surface area contributed by atoms with Crippen LogP contribution in [-0.4, -0.2) is 54.3 Å². The second-order valence-electron chi connectivity index (χ2n) is 5.24. The van der Waals surface area contributed by atoms with Crippen molar-refractivity contribution < 1.29 is 15.3 Å². The molecule has 0 aliphatic carbocycles. The topological polar surface area (TPSA) is 76.0 Å². The molecule has 0 aromatic heterocycles. The molecule has 1 aliphatic heterocycles. The van der Waals surface area contributed by atoms with E-state index in [0.717, 1.165) is 18.5 Å². The van der Waals surface area contributed by atoms with Crippen molar-refractivity contribution in [2.24, 2.45) is 0 Å². The van der Waals surface area contributed by atoms with E-state index in [-0.39, 0.29) is 19.8 Å². The van der Waals surface area contributed by atoms with Gasteiger partial charge in [-0.1, -0.05) is 12.1 Å². The number of likely N-dealkylation sites (N-methyl/N-ethyl adjacent to an activating group) is 1. The first-order valence-electron chi connectivity index (χ1n) is 6.55. The molecule has 1 aliphatic rings. The molecule has 2 rings (SSSR count). The number of aliphatic hydroxyl groups excluding tert-OH is 3. The van der Waals surface area contributed by atoms with E-state index in [1.807, 2.05) is 6.07 Å². The minimum atomic E-state index is -1.02. The van der Waals surface area contributed by atoms with Gasteiger partial charge >= 0.3 is 0 Å². The van der Waals surface area contributed by atoms with E-state index in [1.165, 1.54) is 11.3 Å². The van der Waals surface area contributed by atoms with Crippen molar-refractivity contribution in [3.8, 4) is 0 Å². The van der Waals surface area contributed by atoms with Crippen molar-refractivity contribution in [1.29, 1.82) is 0 Å². The molecule has 0 unspecified atom stereocenters. The van der Waals surface area contributed by atoms with Gasteiger partial charge in [-0.2, -0.15) is 0 Å². The van der Waals surface area contributed by atoms with Gasteiger partial charge in [-0.25, -0.2) is 0 Å². The normalized spacial score (nSPS) is 14.8. The summed E-state index contributed by atoms with van der Waals surface area (Å²) in [5.41, 5.74) is 2.66. The van der Waals surface area contributed by atoms with Crippen LogP contribution in [0.4, 0.5) is 5.69 Å². The molecule has 1 aromatic carbocycles. The van der Waals surface area contributed by atoms with Crippen LogP contribution in [0, 0.1) is 0 Å². The van der Waals surface area contributed by atoms with Gasteiger partial charge in [-0.15, -0.1) is 0 Å². The first-order valence-corrected chi connectivity index (χ1v) is 6.55. The molecule has 5 heteroatoms. The van der Waals surface area contributed by atoms with Crippen molar-refractivity contribution >= 4 is 5.69 Å². The van der Waals surface area contributed by atoms with Gasteiger partial charge in [0.25, 0.3) is 0 Å². The van der Waals surface area contributed by atoms with E-state index in [1.54, 1.807) is 0 Å². The van der Waals surface area contributed by atoms with E-state index in [4.69, 9.17) is 0 Å². The van der Waals surface area contributed by atoms with Crippen LogP contribution < -0.4 is 10.2 Å². The van der Waals surface area contributed by atoms with Gasteiger partial charge < -0.3 is 25.5 Å². The van der Waals surface area contributed by atoms with Crippen LogP contribution in [-0.2, 0) is 13.0 Å². The van der Waals surface area contributed by atoms with Crippen molar-refractivity contribution in [3.63, 3.8) is 0 Å². The predicted molar refractivity (Wildman–Crippen MR) is 74.2 cm³/mol. The Hall–Kier alpha value is -1.14. The van der Waals surface area contributed by atoms with Crippen molar-refractivity contribution in [3.05, 3.63) is 29.3 Å². The fraction of sp³-hybridized carbons (Fsp3) is 0.571. The Morgan fingerprint density at radius 1 is 1.21 bits per heavy atom. The third-order valence-electron chi connectivity index (χ3n) is 3.85. The molecule has 0 fully saturated rings. The number of fused-ring (bicyclic) bond motifs is 1. The van der Waals surface area contributed by atoms with Crippen LogP contribution >= 0.6 is 0 Å². The summed E-state index contributed by atoms with van der Waals surface area (Å²) in [6, 6.07) is 6.27. The fourth-order valence-corrected chi connectivity index (χ4v) is 2.34. The van der Waals surface area contributed by atoms with E-state index >= 15 is 0 Å². The maximum absolute atomic E-state index is 9.25. The van der Waals surface area contributed by atoms with Gasteiger partial charge in [0.15, 0.2) is 0 Å². The Bertz CT molecular complexity index is 424. The van der Waals surface area contributed by atoms with Crippen molar-refractivity contribution in [2.75, 3.05) is 38.3 Å². The van der Waals surface area contributed by atoms with Crippen LogP contribution in [0.1, 0.15) is 11.1 Å². The number of nitrogens with one attached hydrogen (secondary N) is 1. The Kier molecular flexibility index (Phi) is 4.42. The SMILES string of the molecule is CN1CCc2cc(CNC(CO)(CO)CO)ccc21. The molecule has 106 valence electrons. The average molecular weight is 266 g/mol. The lowest BCUT2D eigenvalue weighted by Crippen LogP contribution is -2.54. The quantitative estimate of drug-likeness (QED) is 0.558. The van der Waals surface area contributed by atoms with Crippen LogP contribution in [0.3, 0.4) is 0 Å². The van der Waals surface area contributed by atoms with Gasteiger partial charge in [0.1, 0.15) is 0 Å². The molecule has 1 aromatic rings. The number of nitrogens with zero attached hydrogens (tertiary/aromatic N) is 1. The maximum atomic E-state index is 9.25. The molecule has 0 atom stereocenters. The molecule has 0 amide bonds. The fourth-order valence-electron chi connectivity index (χ4n) is 2.34. The monoisotopic (exact) mass is 266 g/mol. The van der Waals surface area contributed by atoms with E-state index in [0.29, 0.717) is 6.54 Å². The molecule has 0 bridgehead atoms. The molecule has 0 saturated carbocycles. The Morgan fingerprint density at radius 2 is 1.89 bits per heavy atom. The minimum absolute atomic E-state index is 0.298. The third-order valence-corrected chi connectivity index (χ3v) is 3.85. The first-order chi connectivity index (χ1) is 9.14. The maximum Gasteiger partial charge on any atom is 0.0884 e. The standard InChI is InChI=1S/C14H22N2O3/c1-16-5-4-12-6-11(2-3-13(12)16)7-15-14(8-17,9-18)10-19/h2-3,6,15,17-19H,4-5,7-10H2,1H3. The lowest BCUT2D eigenvalue weighted by Gasteiger charge is -2.29. The molecule has 0 radical (unpaired) electrons. The van der Waals surface area contributed by atoms with Gasteiger partial charge in [0.05, 0.1) is 25.4 Å². The lowest BCUT2D eigenvalue weighted by molar-refractivity contribution is 0.0414. The van der Waals surface area contributed by atoms with Gasteiger partial charge in [0.2, 0.25) is 0 Å². The zero-order valence-electron chi connectivity index (χ0n) is 11.3. The van der Waals surface area contributed by atoms with Crippen molar-refractivity contribution in [1.82, 2.24) is 5.32 Å². The average Bonchev–Trinajstić information content (AvgIpc) is 2.82. The Labute approximate surface area is 113 Å². The van der Waals surface area contributed by atoms with Crippen LogP contribution in [0.2, 0.25) is 0 Å². The predicted octanol–water partition coefficient (Wildman–Crippen LogP) is -0.516. The summed E-state index contributed by atoms with van der Waals surface area (Å²) in [4.78, 5) is 2.23. The summed E-state index contributed by atoms with van der Waals surface area (Å²) in [5.74, 6) is 0. The highest BCUT2D eigenvalue weighted by Crippen LogP contribution is 2.27. The Morgan fingerprint density at radius 3 is 2.53 bits per heavy atom. The molecule has 4 N–H and O–H groups in total. The highest BCUT2D eigenvalue weighted by atomic mass is 16.3. The molecule has 19 heavy (non-hydrogen) atoms. The summed E-state index contributed by atoms with van der Waals surface area (Å²) in [5, 5.41) is 30.8. The number of anilines is 1. The molecule has 1 heterocycles. The summed E-state index contributed by atoms with van der Waals surface area (Å²) >= 11 is 0. The molecular weight excluding hydrogens is 244 g/mol. The zero-order chi connectivity index (χ0) is 13.9. The van der Waals surface area contributed by atoms with E-state index < -0.39 is 5.54 Å². The zero-order valence-corrected chi connectivity index (χ0v) is 11.3. The minimum Gasteiger partial charge on any atom is -0.394 e. The highest BCUT2D eigenvalue weighted by Gasteiger charge is 2.27. The lowest BCUT2D eigenvalue weighted by atomic mass is 10.0. The van der Waals surface area contributed by atoms with E-state index in [9.17, 15) is 15.3 Å². The summed E-state index contributed by atoms with van der Waals surface area (Å²) < 4.78 is 0. The van der Waals surface area contributed by atoms with Crippen LogP contribution in [0.15, 0.2) is 18.2 Å². The van der Waals surface area contributed by atoms with Crippen LogP contribution in [0.25, 0.3) is 0 Å². The largest absolute Gasteiger partial charge is 0.394 e. The smallest absolute Gasteiger partial charge is 0.0884 e. The molecule has 0 saturated heterocycles. The second-order valence-corrected chi connectivity index (χ2v) is 5.24.